The first-order valence-electron chi connectivity index (χ1n) is 9.64. The number of likely N-dealkylation sites (tertiary alicyclic amines) is 2. The molecule has 6 nitrogen and oxygen atoms in total. The first-order chi connectivity index (χ1) is 13.6. The zero-order valence-corrected chi connectivity index (χ0v) is 16.2. The number of nitrogens with zero attached hydrogens (tertiary/aromatic N) is 2. The molecule has 3 rings (SSSR count). The summed E-state index contributed by atoms with van der Waals surface area (Å²) in [5.41, 5.74) is 1.49. The van der Waals surface area contributed by atoms with Gasteiger partial charge in [-0.2, -0.15) is 13.2 Å². The summed E-state index contributed by atoms with van der Waals surface area (Å²) in [7, 11) is 0. The highest BCUT2D eigenvalue weighted by molar-refractivity contribution is 5.95. The van der Waals surface area contributed by atoms with E-state index < -0.39 is 24.5 Å². The topological polar surface area (TPSA) is 69.7 Å². The van der Waals surface area contributed by atoms with Gasteiger partial charge in [0, 0.05) is 37.7 Å². The van der Waals surface area contributed by atoms with Gasteiger partial charge >= 0.3 is 6.18 Å². The van der Waals surface area contributed by atoms with Crippen LogP contribution in [0.5, 0.6) is 0 Å². The molecule has 0 radical (unpaired) electrons. The Morgan fingerprint density at radius 2 is 1.83 bits per heavy atom. The van der Waals surface area contributed by atoms with Crippen LogP contribution >= 0.6 is 0 Å². The van der Waals surface area contributed by atoms with Gasteiger partial charge in [-0.3, -0.25) is 14.4 Å². The second-order valence-corrected chi connectivity index (χ2v) is 7.68. The highest BCUT2D eigenvalue weighted by Crippen LogP contribution is 2.26. The zero-order chi connectivity index (χ0) is 21.2. The summed E-state index contributed by atoms with van der Waals surface area (Å²) in [6.45, 7) is 1.16. The standard InChI is InChI=1S/C20H24F3N3O3/c1-13-4-2-3-5-16(13)18(28)24-15-6-8-25(9-7-15)19(29)14-10-17(27)26(11-14)12-20(21,22)23/h2-5,14-15H,6-12H2,1H3,(H,24,28). The predicted molar refractivity (Wildman–Crippen MR) is 99.0 cm³/mol. The molecule has 9 heteroatoms. The largest absolute Gasteiger partial charge is 0.406 e. The SMILES string of the molecule is Cc1ccccc1C(=O)NC1CCN(C(=O)C2CC(=O)N(CC(F)(F)F)C2)CC1. The lowest BCUT2D eigenvalue weighted by atomic mass is 10.0. The van der Waals surface area contributed by atoms with E-state index in [2.05, 4.69) is 5.32 Å². The van der Waals surface area contributed by atoms with Crippen molar-refractivity contribution in [3.05, 3.63) is 35.4 Å². The maximum absolute atomic E-state index is 12.6. The number of benzene rings is 1. The van der Waals surface area contributed by atoms with Crippen molar-refractivity contribution in [2.45, 2.75) is 38.4 Å². The van der Waals surface area contributed by atoms with Crippen molar-refractivity contribution in [2.24, 2.45) is 5.92 Å². The summed E-state index contributed by atoms with van der Waals surface area (Å²) >= 11 is 0. The number of hydrogen-bond acceptors (Lipinski definition) is 3. The third-order valence-electron chi connectivity index (χ3n) is 5.47. The number of piperidine rings is 1. The molecule has 1 aromatic carbocycles. The molecule has 2 fully saturated rings. The van der Waals surface area contributed by atoms with E-state index >= 15 is 0 Å². The number of nitrogens with one attached hydrogen (secondary N) is 1. The van der Waals surface area contributed by atoms with E-state index in [4.69, 9.17) is 0 Å². The number of amides is 3. The first kappa shape index (κ1) is 21.1. The number of carbonyl (C=O) groups excluding carboxylic acids is 3. The minimum absolute atomic E-state index is 0.0712. The van der Waals surface area contributed by atoms with Crippen LogP contribution in [-0.4, -0.2) is 65.9 Å². The normalized spacial score (nSPS) is 20.8. The highest BCUT2D eigenvalue weighted by atomic mass is 19.4. The van der Waals surface area contributed by atoms with Crippen LogP contribution in [-0.2, 0) is 9.59 Å². The number of halogens is 3. The maximum Gasteiger partial charge on any atom is 0.406 e. The fraction of sp³-hybridized carbons (Fsp3) is 0.550. The molecule has 1 unspecified atom stereocenters. The minimum atomic E-state index is -4.47. The average molecular weight is 411 g/mol. The summed E-state index contributed by atoms with van der Waals surface area (Å²) in [5.74, 6) is -1.81. The second-order valence-electron chi connectivity index (χ2n) is 7.68. The van der Waals surface area contributed by atoms with Gasteiger partial charge in [-0.25, -0.2) is 0 Å². The molecule has 0 bridgehead atoms. The molecule has 1 aromatic rings. The van der Waals surface area contributed by atoms with Crippen molar-refractivity contribution in [3.63, 3.8) is 0 Å². The van der Waals surface area contributed by atoms with Crippen molar-refractivity contribution >= 4 is 17.7 Å². The molecule has 2 heterocycles. The summed E-state index contributed by atoms with van der Waals surface area (Å²) in [6.07, 6.45) is -3.52. The van der Waals surface area contributed by atoms with Crippen molar-refractivity contribution < 1.29 is 27.6 Å². The van der Waals surface area contributed by atoms with E-state index in [0.717, 1.165) is 5.56 Å². The molecular formula is C20H24F3N3O3. The van der Waals surface area contributed by atoms with Gasteiger partial charge in [0.2, 0.25) is 11.8 Å². The van der Waals surface area contributed by atoms with E-state index in [1.54, 1.807) is 17.0 Å². The molecule has 29 heavy (non-hydrogen) atoms. The number of alkyl halides is 3. The minimum Gasteiger partial charge on any atom is -0.349 e. The number of aryl methyl sites for hydroxylation is 1. The molecule has 0 aliphatic carbocycles. The number of hydrogen-bond donors (Lipinski definition) is 1. The van der Waals surface area contributed by atoms with E-state index in [9.17, 15) is 27.6 Å². The predicted octanol–water partition coefficient (Wildman–Crippen LogP) is 2.13. The Balaban J connectivity index is 1.49. The van der Waals surface area contributed by atoms with Gasteiger partial charge in [-0.15, -0.1) is 0 Å². The van der Waals surface area contributed by atoms with Crippen LogP contribution in [0.15, 0.2) is 24.3 Å². The van der Waals surface area contributed by atoms with Crippen LogP contribution in [0.4, 0.5) is 13.2 Å². The van der Waals surface area contributed by atoms with Gasteiger partial charge in [-0.1, -0.05) is 18.2 Å². The summed E-state index contributed by atoms with van der Waals surface area (Å²) in [6, 6.07) is 7.21. The van der Waals surface area contributed by atoms with Gasteiger partial charge in [-0.05, 0) is 31.4 Å². The third kappa shape index (κ3) is 5.27. The zero-order valence-electron chi connectivity index (χ0n) is 16.2. The van der Waals surface area contributed by atoms with Crippen LogP contribution in [0, 0.1) is 12.8 Å². The number of rotatable bonds is 4. The quantitative estimate of drug-likeness (QED) is 0.825. The second kappa shape index (κ2) is 8.42. The molecule has 2 aliphatic rings. The fourth-order valence-electron chi connectivity index (χ4n) is 3.90. The summed E-state index contributed by atoms with van der Waals surface area (Å²) in [5, 5.41) is 2.98. The lowest BCUT2D eigenvalue weighted by Crippen LogP contribution is -2.48. The third-order valence-corrected chi connectivity index (χ3v) is 5.47. The van der Waals surface area contributed by atoms with E-state index in [-0.39, 0.29) is 30.8 Å². The van der Waals surface area contributed by atoms with Gasteiger partial charge in [0.25, 0.3) is 5.91 Å². The smallest absolute Gasteiger partial charge is 0.349 e. The molecule has 2 aliphatic heterocycles. The Morgan fingerprint density at radius 1 is 1.17 bits per heavy atom. The fourth-order valence-corrected chi connectivity index (χ4v) is 3.90. The van der Waals surface area contributed by atoms with Gasteiger partial charge in [0.15, 0.2) is 0 Å². The number of carbonyl (C=O) groups is 3. The Kier molecular flexibility index (Phi) is 6.14. The van der Waals surface area contributed by atoms with Crippen molar-refractivity contribution in [1.29, 1.82) is 0 Å². The van der Waals surface area contributed by atoms with Crippen molar-refractivity contribution in [1.82, 2.24) is 15.1 Å². The molecule has 0 spiro atoms. The lowest BCUT2D eigenvalue weighted by molar-refractivity contribution is -0.157. The first-order valence-corrected chi connectivity index (χ1v) is 9.64. The van der Waals surface area contributed by atoms with Gasteiger partial charge < -0.3 is 15.1 Å². The van der Waals surface area contributed by atoms with Crippen LogP contribution in [0.2, 0.25) is 0 Å². The van der Waals surface area contributed by atoms with Gasteiger partial charge in [0.1, 0.15) is 6.54 Å². The Hall–Kier alpha value is -2.58. The summed E-state index contributed by atoms with van der Waals surface area (Å²) < 4.78 is 37.6. The van der Waals surface area contributed by atoms with Gasteiger partial charge in [0.05, 0.1) is 5.92 Å². The molecule has 1 N–H and O–H groups in total. The van der Waals surface area contributed by atoms with E-state index in [1.165, 1.54) is 0 Å². The molecule has 0 aromatic heterocycles. The Bertz CT molecular complexity index is 789. The lowest BCUT2D eigenvalue weighted by Gasteiger charge is -2.34. The molecule has 2 saturated heterocycles. The van der Waals surface area contributed by atoms with Crippen LogP contribution < -0.4 is 5.32 Å². The monoisotopic (exact) mass is 411 g/mol. The highest BCUT2D eigenvalue weighted by Gasteiger charge is 2.42. The average Bonchev–Trinajstić information content (AvgIpc) is 3.01. The molecule has 0 saturated carbocycles. The van der Waals surface area contributed by atoms with Crippen molar-refractivity contribution in [2.75, 3.05) is 26.2 Å². The van der Waals surface area contributed by atoms with Crippen LogP contribution in [0.3, 0.4) is 0 Å². The molecule has 3 amide bonds. The Morgan fingerprint density at radius 3 is 2.45 bits per heavy atom. The van der Waals surface area contributed by atoms with Crippen molar-refractivity contribution in [3.8, 4) is 0 Å². The van der Waals surface area contributed by atoms with E-state index in [1.807, 2.05) is 19.1 Å². The Labute approximate surface area is 167 Å². The van der Waals surface area contributed by atoms with E-state index in [0.29, 0.717) is 36.4 Å². The molecule has 1 atom stereocenters. The molecule has 158 valence electrons. The van der Waals surface area contributed by atoms with Crippen LogP contribution in [0.25, 0.3) is 0 Å². The van der Waals surface area contributed by atoms with Crippen LogP contribution in [0.1, 0.15) is 35.2 Å². The maximum atomic E-state index is 12.6. The summed E-state index contributed by atoms with van der Waals surface area (Å²) in [4.78, 5) is 39.1. The molecular weight excluding hydrogens is 387 g/mol.